The summed E-state index contributed by atoms with van der Waals surface area (Å²) in [5, 5.41) is -0.208. The van der Waals surface area contributed by atoms with E-state index in [1.165, 1.54) is 0 Å². The fraction of sp³-hybridized carbons (Fsp3) is 0.308. The lowest BCUT2D eigenvalue weighted by Gasteiger charge is -2.17. The fourth-order valence-corrected chi connectivity index (χ4v) is 1.35. The molecule has 0 saturated heterocycles. The second kappa shape index (κ2) is 5.48. The summed E-state index contributed by atoms with van der Waals surface area (Å²) in [7, 11) is 0. The summed E-state index contributed by atoms with van der Waals surface area (Å²) in [6.07, 6.45) is 1.97. The number of esters is 1. The number of hydrogen-bond acceptors (Lipinski definition) is 2. The van der Waals surface area contributed by atoms with Gasteiger partial charge in [0.15, 0.2) is 5.82 Å². The van der Waals surface area contributed by atoms with Crippen LogP contribution in [0.2, 0.25) is 5.02 Å². The van der Waals surface area contributed by atoms with Crippen molar-refractivity contribution in [3.63, 3.8) is 0 Å². The molecule has 0 N–H and O–H groups in total. The van der Waals surface area contributed by atoms with Gasteiger partial charge in [0, 0.05) is 11.6 Å². The average Bonchev–Trinajstić information content (AvgIpc) is 2.21. The summed E-state index contributed by atoms with van der Waals surface area (Å²) in [6.45, 7) is 5.08. The molecule has 0 amide bonds. The molecule has 0 aromatic heterocycles. The van der Waals surface area contributed by atoms with Crippen LogP contribution < -0.4 is 0 Å². The quantitative estimate of drug-likeness (QED) is 0.463. The molecule has 18 heavy (non-hydrogen) atoms. The lowest BCUT2D eigenvalue weighted by atomic mass is 10.1. The van der Waals surface area contributed by atoms with Gasteiger partial charge in [-0.15, -0.1) is 0 Å². The van der Waals surface area contributed by atoms with Crippen LogP contribution in [0, 0.1) is 11.6 Å². The molecule has 0 aliphatic heterocycles. The Morgan fingerprint density at radius 2 is 1.94 bits per heavy atom. The molecular formula is C13H13ClF2O2. The Hall–Kier alpha value is -1.42. The molecule has 0 heterocycles. The second-order valence-corrected chi connectivity index (χ2v) is 5.03. The van der Waals surface area contributed by atoms with E-state index in [2.05, 4.69) is 0 Å². The maximum absolute atomic E-state index is 13.5. The van der Waals surface area contributed by atoms with E-state index in [4.69, 9.17) is 16.3 Å². The van der Waals surface area contributed by atoms with E-state index < -0.39 is 23.2 Å². The Kier molecular flexibility index (Phi) is 4.46. The molecule has 2 nitrogen and oxygen atoms in total. The van der Waals surface area contributed by atoms with Gasteiger partial charge in [0.05, 0.1) is 5.02 Å². The summed E-state index contributed by atoms with van der Waals surface area (Å²) >= 11 is 5.52. The van der Waals surface area contributed by atoms with Gasteiger partial charge in [0.2, 0.25) is 0 Å². The Labute approximate surface area is 109 Å². The van der Waals surface area contributed by atoms with Crippen molar-refractivity contribution in [2.45, 2.75) is 26.4 Å². The molecule has 0 unspecified atom stereocenters. The number of rotatable bonds is 2. The minimum atomic E-state index is -0.906. The summed E-state index contributed by atoms with van der Waals surface area (Å²) in [5.41, 5.74) is -1.03. The predicted molar refractivity (Wildman–Crippen MR) is 66.2 cm³/mol. The molecule has 0 aliphatic rings. The molecule has 5 heteroatoms. The van der Waals surface area contributed by atoms with Crippen LogP contribution in [0.25, 0.3) is 6.08 Å². The van der Waals surface area contributed by atoms with Gasteiger partial charge in [-0.25, -0.2) is 13.6 Å². The first-order chi connectivity index (χ1) is 8.20. The zero-order chi connectivity index (χ0) is 13.9. The SMILES string of the molecule is CC(C)(C)OC(=O)/C=C/c1c(F)ccc(Cl)c1F. The number of carbonyl (C=O) groups is 1. The van der Waals surface area contributed by atoms with Crippen LogP contribution in [0.4, 0.5) is 8.78 Å². The number of benzene rings is 1. The Morgan fingerprint density at radius 1 is 1.33 bits per heavy atom. The molecule has 0 spiro atoms. The van der Waals surface area contributed by atoms with E-state index in [1.54, 1.807) is 20.8 Å². The first-order valence-electron chi connectivity index (χ1n) is 5.25. The van der Waals surface area contributed by atoms with Crippen LogP contribution in [0.1, 0.15) is 26.3 Å². The molecular weight excluding hydrogens is 262 g/mol. The van der Waals surface area contributed by atoms with E-state index in [1.807, 2.05) is 0 Å². The summed E-state index contributed by atoms with van der Waals surface area (Å²) in [5.74, 6) is -2.38. The van der Waals surface area contributed by atoms with Crippen molar-refractivity contribution in [3.05, 3.63) is 40.4 Å². The molecule has 1 rings (SSSR count). The maximum atomic E-state index is 13.5. The van der Waals surface area contributed by atoms with Crippen molar-refractivity contribution in [3.8, 4) is 0 Å². The van der Waals surface area contributed by atoms with Crippen molar-refractivity contribution in [1.29, 1.82) is 0 Å². The molecule has 0 aliphatic carbocycles. The smallest absolute Gasteiger partial charge is 0.331 e. The monoisotopic (exact) mass is 274 g/mol. The average molecular weight is 275 g/mol. The molecule has 1 aromatic carbocycles. The van der Waals surface area contributed by atoms with Gasteiger partial charge in [-0.2, -0.15) is 0 Å². The maximum Gasteiger partial charge on any atom is 0.331 e. The van der Waals surface area contributed by atoms with Gasteiger partial charge in [-0.05, 0) is 39.0 Å². The number of halogens is 3. The van der Waals surface area contributed by atoms with E-state index >= 15 is 0 Å². The molecule has 0 fully saturated rings. The Balaban J connectivity index is 2.92. The second-order valence-electron chi connectivity index (χ2n) is 4.62. The van der Waals surface area contributed by atoms with E-state index in [0.717, 1.165) is 24.3 Å². The van der Waals surface area contributed by atoms with Crippen LogP contribution in [-0.2, 0) is 9.53 Å². The van der Waals surface area contributed by atoms with E-state index in [0.29, 0.717) is 0 Å². The van der Waals surface area contributed by atoms with Gasteiger partial charge in [0.25, 0.3) is 0 Å². The molecule has 98 valence electrons. The number of hydrogen-bond donors (Lipinski definition) is 0. The van der Waals surface area contributed by atoms with E-state index in [9.17, 15) is 13.6 Å². The third-order valence-corrected chi connectivity index (χ3v) is 2.16. The molecule has 1 aromatic rings. The third kappa shape index (κ3) is 4.11. The van der Waals surface area contributed by atoms with Gasteiger partial charge >= 0.3 is 5.97 Å². The van der Waals surface area contributed by atoms with E-state index in [-0.39, 0.29) is 10.6 Å². The molecule has 0 atom stereocenters. The standard InChI is InChI=1S/C13H13ClF2O2/c1-13(2,3)18-11(17)7-4-8-10(15)6-5-9(14)12(8)16/h4-7H,1-3H3/b7-4+. The highest BCUT2D eigenvalue weighted by Gasteiger charge is 2.15. The minimum Gasteiger partial charge on any atom is -0.457 e. The highest BCUT2D eigenvalue weighted by atomic mass is 35.5. The molecule has 0 saturated carbocycles. The van der Waals surface area contributed by atoms with Crippen molar-refractivity contribution in [2.75, 3.05) is 0 Å². The largest absolute Gasteiger partial charge is 0.457 e. The van der Waals surface area contributed by atoms with Gasteiger partial charge in [-0.3, -0.25) is 0 Å². The predicted octanol–water partition coefficient (Wildman–Crippen LogP) is 3.97. The van der Waals surface area contributed by atoms with Crippen LogP contribution in [0.5, 0.6) is 0 Å². The van der Waals surface area contributed by atoms with Crippen LogP contribution in [0.3, 0.4) is 0 Å². The topological polar surface area (TPSA) is 26.3 Å². The Bertz CT molecular complexity index is 490. The zero-order valence-corrected chi connectivity index (χ0v) is 11.0. The van der Waals surface area contributed by atoms with Crippen LogP contribution >= 0.6 is 11.6 Å². The number of ether oxygens (including phenoxy) is 1. The summed E-state index contributed by atoms with van der Waals surface area (Å²) < 4.78 is 31.8. The first-order valence-corrected chi connectivity index (χ1v) is 5.63. The number of carbonyl (C=O) groups excluding carboxylic acids is 1. The fourth-order valence-electron chi connectivity index (χ4n) is 1.18. The summed E-state index contributed by atoms with van der Waals surface area (Å²) in [4.78, 5) is 11.4. The highest BCUT2D eigenvalue weighted by Crippen LogP contribution is 2.22. The van der Waals surface area contributed by atoms with Crippen LogP contribution in [0.15, 0.2) is 18.2 Å². The van der Waals surface area contributed by atoms with Crippen molar-refractivity contribution in [2.24, 2.45) is 0 Å². The first kappa shape index (κ1) is 14.6. The lowest BCUT2D eigenvalue weighted by molar-refractivity contribution is -0.148. The van der Waals surface area contributed by atoms with Gasteiger partial charge in [-0.1, -0.05) is 11.6 Å². The van der Waals surface area contributed by atoms with Gasteiger partial charge in [0.1, 0.15) is 11.4 Å². The van der Waals surface area contributed by atoms with Crippen molar-refractivity contribution in [1.82, 2.24) is 0 Å². The minimum absolute atomic E-state index is 0.208. The Morgan fingerprint density at radius 3 is 2.50 bits per heavy atom. The lowest BCUT2D eigenvalue weighted by Crippen LogP contribution is -2.22. The normalized spacial score (nSPS) is 11.9. The van der Waals surface area contributed by atoms with Crippen LogP contribution in [-0.4, -0.2) is 11.6 Å². The van der Waals surface area contributed by atoms with Crippen molar-refractivity contribution >= 4 is 23.6 Å². The molecule has 0 radical (unpaired) electrons. The molecule has 0 bridgehead atoms. The van der Waals surface area contributed by atoms with Gasteiger partial charge < -0.3 is 4.74 Å². The van der Waals surface area contributed by atoms with Crippen molar-refractivity contribution < 1.29 is 18.3 Å². The third-order valence-electron chi connectivity index (χ3n) is 1.87. The summed E-state index contributed by atoms with van der Waals surface area (Å²) in [6, 6.07) is 2.14. The zero-order valence-electron chi connectivity index (χ0n) is 10.3. The highest BCUT2D eigenvalue weighted by molar-refractivity contribution is 6.30.